The minimum absolute atomic E-state index is 0.106. The second-order valence-electron chi connectivity index (χ2n) is 4.52. The van der Waals surface area contributed by atoms with E-state index >= 15 is 0 Å². The highest BCUT2D eigenvalue weighted by Gasteiger charge is 2.16. The van der Waals surface area contributed by atoms with Gasteiger partial charge in [-0.3, -0.25) is 0 Å². The number of halogens is 1. The maximum atomic E-state index is 13.8. The first-order valence-corrected chi connectivity index (χ1v) is 6.18. The standard InChI is InChI=1S/C16H14FNO2/c1-10-6-7-12(9-18)8-15(10)20-14-5-3-4-13(17)16(14)11(2)19/h3-8,11,19H,1-2H3/t11-/m0/s1. The molecule has 1 N–H and O–H groups in total. The summed E-state index contributed by atoms with van der Waals surface area (Å²) < 4.78 is 19.4. The SMILES string of the molecule is Cc1ccc(C#N)cc1Oc1cccc(F)c1[C@H](C)O. The largest absolute Gasteiger partial charge is 0.457 e. The third kappa shape index (κ3) is 2.79. The van der Waals surface area contributed by atoms with E-state index in [1.54, 1.807) is 24.3 Å². The molecule has 2 rings (SSSR count). The Balaban J connectivity index is 2.45. The van der Waals surface area contributed by atoms with Gasteiger partial charge in [-0.15, -0.1) is 0 Å². The Morgan fingerprint density at radius 1 is 1.25 bits per heavy atom. The molecule has 0 heterocycles. The lowest BCUT2D eigenvalue weighted by Crippen LogP contribution is -2.00. The van der Waals surface area contributed by atoms with Crippen LogP contribution in [0.15, 0.2) is 36.4 Å². The van der Waals surface area contributed by atoms with Crippen LogP contribution >= 0.6 is 0 Å². The molecule has 0 fully saturated rings. The molecule has 2 aromatic carbocycles. The van der Waals surface area contributed by atoms with Crippen molar-refractivity contribution in [1.82, 2.24) is 0 Å². The summed E-state index contributed by atoms with van der Waals surface area (Å²) in [5.41, 5.74) is 1.39. The van der Waals surface area contributed by atoms with Gasteiger partial charge in [0.15, 0.2) is 0 Å². The number of benzene rings is 2. The molecule has 102 valence electrons. The van der Waals surface area contributed by atoms with Crippen LogP contribution in [0.4, 0.5) is 4.39 Å². The Bertz CT molecular complexity index is 675. The number of rotatable bonds is 3. The summed E-state index contributed by atoms with van der Waals surface area (Å²) in [5.74, 6) is 0.196. The first kappa shape index (κ1) is 14.0. The first-order chi connectivity index (χ1) is 9.52. The zero-order valence-corrected chi connectivity index (χ0v) is 11.2. The van der Waals surface area contributed by atoms with Crippen molar-refractivity contribution in [2.45, 2.75) is 20.0 Å². The van der Waals surface area contributed by atoms with Gasteiger partial charge in [-0.25, -0.2) is 4.39 Å². The first-order valence-electron chi connectivity index (χ1n) is 6.18. The minimum atomic E-state index is -0.981. The normalized spacial score (nSPS) is 11.8. The topological polar surface area (TPSA) is 53.2 Å². The third-order valence-corrected chi connectivity index (χ3v) is 2.97. The van der Waals surface area contributed by atoms with Gasteiger partial charge in [0.25, 0.3) is 0 Å². The predicted molar refractivity (Wildman–Crippen MR) is 73.0 cm³/mol. The average molecular weight is 271 g/mol. The molecule has 0 aliphatic carbocycles. The van der Waals surface area contributed by atoms with E-state index in [2.05, 4.69) is 0 Å². The van der Waals surface area contributed by atoms with Crippen LogP contribution in [0.1, 0.15) is 29.7 Å². The highest BCUT2D eigenvalue weighted by Crippen LogP contribution is 2.33. The number of aryl methyl sites for hydroxylation is 1. The summed E-state index contributed by atoms with van der Waals surface area (Å²) in [7, 11) is 0. The van der Waals surface area contributed by atoms with Crippen LogP contribution in [-0.2, 0) is 0 Å². The molecule has 4 heteroatoms. The Kier molecular flexibility index (Phi) is 4.02. The molecule has 0 amide bonds. The zero-order chi connectivity index (χ0) is 14.7. The third-order valence-electron chi connectivity index (χ3n) is 2.97. The van der Waals surface area contributed by atoms with Crippen LogP contribution in [0.3, 0.4) is 0 Å². The number of nitrogens with zero attached hydrogens (tertiary/aromatic N) is 1. The fourth-order valence-corrected chi connectivity index (χ4v) is 1.91. The molecule has 2 aromatic rings. The molecule has 0 saturated heterocycles. The number of aliphatic hydroxyl groups excluding tert-OH is 1. The van der Waals surface area contributed by atoms with E-state index in [0.717, 1.165) is 5.56 Å². The molecule has 0 aliphatic rings. The molecule has 0 unspecified atom stereocenters. The van der Waals surface area contributed by atoms with Gasteiger partial charge in [0.05, 0.1) is 23.3 Å². The Hall–Kier alpha value is -2.38. The molecule has 0 spiro atoms. The molecule has 1 atom stereocenters. The van der Waals surface area contributed by atoms with Crippen molar-refractivity contribution in [2.24, 2.45) is 0 Å². The Labute approximate surface area is 116 Å². The van der Waals surface area contributed by atoms with E-state index in [0.29, 0.717) is 11.3 Å². The van der Waals surface area contributed by atoms with E-state index in [-0.39, 0.29) is 11.3 Å². The van der Waals surface area contributed by atoms with E-state index < -0.39 is 11.9 Å². The molecular formula is C16H14FNO2. The van der Waals surface area contributed by atoms with Gasteiger partial charge in [-0.05, 0) is 43.7 Å². The lowest BCUT2D eigenvalue weighted by molar-refractivity contribution is 0.190. The van der Waals surface area contributed by atoms with Crippen molar-refractivity contribution >= 4 is 0 Å². The lowest BCUT2D eigenvalue weighted by atomic mass is 10.1. The van der Waals surface area contributed by atoms with Crippen LogP contribution in [-0.4, -0.2) is 5.11 Å². The van der Waals surface area contributed by atoms with Crippen molar-refractivity contribution < 1.29 is 14.2 Å². The molecule has 3 nitrogen and oxygen atoms in total. The Morgan fingerprint density at radius 3 is 2.65 bits per heavy atom. The van der Waals surface area contributed by atoms with Gasteiger partial charge in [-0.2, -0.15) is 5.26 Å². The minimum Gasteiger partial charge on any atom is -0.457 e. The fraction of sp³-hybridized carbons (Fsp3) is 0.188. The van der Waals surface area contributed by atoms with Gasteiger partial charge in [0.2, 0.25) is 0 Å². The van der Waals surface area contributed by atoms with Gasteiger partial charge in [0, 0.05) is 0 Å². The maximum Gasteiger partial charge on any atom is 0.136 e. The molecule has 0 aromatic heterocycles. The fourth-order valence-electron chi connectivity index (χ4n) is 1.91. The Morgan fingerprint density at radius 2 is 2.00 bits per heavy atom. The summed E-state index contributed by atoms with van der Waals surface area (Å²) in [6.07, 6.45) is -0.981. The molecule has 0 aliphatic heterocycles. The molecule has 20 heavy (non-hydrogen) atoms. The molecule has 0 bridgehead atoms. The second kappa shape index (κ2) is 5.72. The van der Waals surface area contributed by atoms with E-state index in [4.69, 9.17) is 10.00 Å². The number of nitriles is 1. The zero-order valence-electron chi connectivity index (χ0n) is 11.2. The molecule has 0 saturated carbocycles. The van der Waals surface area contributed by atoms with Crippen LogP contribution in [0.2, 0.25) is 0 Å². The average Bonchev–Trinajstić information content (AvgIpc) is 2.41. The van der Waals surface area contributed by atoms with Crippen molar-refractivity contribution in [2.75, 3.05) is 0 Å². The van der Waals surface area contributed by atoms with Crippen LogP contribution in [0.25, 0.3) is 0 Å². The summed E-state index contributed by atoms with van der Waals surface area (Å²) in [6, 6.07) is 11.4. The highest BCUT2D eigenvalue weighted by atomic mass is 19.1. The number of ether oxygens (including phenoxy) is 1. The van der Waals surface area contributed by atoms with Crippen molar-refractivity contribution in [3.05, 3.63) is 58.9 Å². The number of hydrogen-bond acceptors (Lipinski definition) is 3. The van der Waals surface area contributed by atoms with Gasteiger partial charge in [0.1, 0.15) is 17.3 Å². The summed E-state index contributed by atoms with van der Waals surface area (Å²) in [4.78, 5) is 0. The van der Waals surface area contributed by atoms with Gasteiger partial charge < -0.3 is 9.84 Å². The summed E-state index contributed by atoms with van der Waals surface area (Å²) >= 11 is 0. The quantitative estimate of drug-likeness (QED) is 0.922. The summed E-state index contributed by atoms with van der Waals surface area (Å²) in [5, 5.41) is 18.6. The van der Waals surface area contributed by atoms with Crippen LogP contribution in [0.5, 0.6) is 11.5 Å². The van der Waals surface area contributed by atoms with Gasteiger partial charge >= 0.3 is 0 Å². The van der Waals surface area contributed by atoms with Crippen LogP contribution < -0.4 is 4.74 Å². The predicted octanol–water partition coefficient (Wildman–Crippen LogP) is 3.85. The van der Waals surface area contributed by atoms with Crippen molar-refractivity contribution in [3.8, 4) is 17.6 Å². The maximum absolute atomic E-state index is 13.8. The monoisotopic (exact) mass is 271 g/mol. The highest BCUT2D eigenvalue weighted by molar-refractivity contribution is 5.46. The van der Waals surface area contributed by atoms with E-state index in [1.165, 1.54) is 19.1 Å². The van der Waals surface area contributed by atoms with Crippen molar-refractivity contribution in [3.63, 3.8) is 0 Å². The molecular weight excluding hydrogens is 257 g/mol. The number of hydrogen-bond donors (Lipinski definition) is 1. The summed E-state index contributed by atoms with van der Waals surface area (Å²) in [6.45, 7) is 3.31. The molecule has 0 radical (unpaired) electrons. The number of aliphatic hydroxyl groups is 1. The second-order valence-corrected chi connectivity index (χ2v) is 4.52. The lowest BCUT2D eigenvalue weighted by Gasteiger charge is -2.15. The van der Waals surface area contributed by atoms with E-state index in [9.17, 15) is 9.50 Å². The van der Waals surface area contributed by atoms with Crippen molar-refractivity contribution in [1.29, 1.82) is 5.26 Å². The van der Waals surface area contributed by atoms with E-state index in [1.807, 2.05) is 13.0 Å². The smallest absolute Gasteiger partial charge is 0.136 e. The van der Waals surface area contributed by atoms with Crippen LogP contribution in [0, 0.1) is 24.1 Å². The van der Waals surface area contributed by atoms with Gasteiger partial charge in [-0.1, -0.05) is 12.1 Å².